The first-order valence-electron chi connectivity index (χ1n) is 16.7. The lowest BCUT2D eigenvalue weighted by molar-refractivity contribution is 0.274. The Morgan fingerprint density at radius 1 is 0.438 bits per heavy atom. The standard InChI is InChI=1S/C42H58Cl2O2P2/c1-37(2,3)27-23-29(39(7,8)9)33(30(24-27)40(10,11)12)47(35(43)45)21-19-20-22-48(36(44)46)34-31(41(13,14)15)25-28(38(4,5)6)26-32(34)42(16,17)18/h23-26H,1-18H3. The van der Waals surface area contributed by atoms with Gasteiger partial charge in [-0.05, 0) is 112 Å². The van der Waals surface area contributed by atoms with Crippen molar-refractivity contribution in [3.8, 4) is 23.2 Å². The highest BCUT2D eigenvalue weighted by Crippen LogP contribution is 2.47. The van der Waals surface area contributed by atoms with Crippen molar-refractivity contribution in [2.45, 2.75) is 157 Å². The van der Waals surface area contributed by atoms with Crippen LogP contribution in [0.2, 0.25) is 0 Å². The van der Waals surface area contributed by atoms with Gasteiger partial charge < -0.3 is 0 Å². The Bertz CT molecular complexity index is 1490. The van der Waals surface area contributed by atoms with Gasteiger partial charge in [0.15, 0.2) is 0 Å². The van der Waals surface area contributed by atoms with Crippen molar-refractivity contribution in [3.05, 3.63) is 57.6 Å². The van der Waals surface area contributed by atoms with Gasteiger partial charge in [-0.15, -0.1) is 0 Å². The Hall–Kier alpha value is -1.66. The number of carbonyl (C=O) groups is 2. The van der Waals surface area contributed by atoms with Crippen molar-refractivity contribution in [3.63, 3.8) is 0 Å². The summed E-state index contributed by atoms with van der Waals surface area (Å²) in [7, 11) is -3.50. The van der Waals surface area contributed by atoms with E-state index in [1.165, 1.54) is 11.1 Å². The van der Waals surface area contributed by atoms with E-state index in [2.05, 4.69) is 172 Å². The largest absolute Gasteiger partial charge is 0.275 e. The molecule has 0 aliphatic carbocycles. The second kappa shape index (κ2) is 14.5. The zero-order valence-electron chi connectivity index (χ0n) is 32.8. The van der Waals surface area contributed by atoms with Gasteiger partial charge in [-0.1, -0.05) is 149 Å². The van der Waals surface area contributed by atoms with Crippen LogP contribution in [-0.4, -0.2) is 9.97 Å². The second-order valence-corrected chi connectivity index (χ2v) is 23.7. The summed E-state index contributed by atoms with van der Waals surface area (Å²) in [5, 5.41) is 1.82. The summed E-state index contributed by atoms with van der Waals surface area (Å²) >= 11 is 12.8. The molecule has 2 nitrogen and oxygen atoms in total. The summed E-state index contributed by atoms with van der Waals surface area (Å²) in [5.41, 5.74) is 11.9. The Balaban J connectivity index is 2.97. The highest BCUT2D eigenvalue weighted by atomic mass is 35.5. The molecule has 0 radical (unpaired) electrons. The van der Waals surface area contributed by atoms with Crippen LogP contribution in [0.1, 0.15) is 158 Å². The first kappa shape index (κ1) is 42.5. The first-order chi connectivity index (χ1) is 21.3. The molecule has 2 aromatic carbocycles. The molecule has 0 aliphatic rings. The minimum Gasteiger partial charge on any atom is -0.275 e. The molecule has 262 valence electrons. The highest BCUT2D eigenvalue weighted by Gasteiger charge is 2.36. The van der Waals surface area contributed by atoms with Gasteiger partial charge in [-0.2, -0.15) is 0 Å². The molecule has 0 heterocycles. The molecule has 48 heavy (non-hydrogen) atoms. The third-order valence-electron chi connectivity index (χ3n) is 8.38. The van der Waals surface area contributed by atoms with Crippen LogP contribution in [0.15, 0.2) is 24.3 Å². The predicted octanol–water partition coefficient (Wildman–Crippen LogP) is 13.0. The molecule has 0 fully saturated rings. The molecule has 2 unspecified atom stereocenters. The van der Waals surface area contributed by atoms with Crippen LogP contribution in [0.4, 0.5) is 9.59 Å². The monoisotopic (exact) mass is 726 g/mol. The fraction of sp³-hybridized carbons (Fsp3) is 0.571. The van der Waals surface area contributed by atoms with Crippen molar-refractivity contribution in [2.24, 2.45) is 0 Å². The maximum Gasteiger partial charge on any atom is 0.259 e. The summed E-state index contributed by atoms with van der Waals surface area (Å²) in [4.78, 5) is 25.5. The molecule has 0 spiro atoms. The van der Waals surface area contributed by atoms with Crippen molar-refractivity contribution < 1.29 is 9.59 Å². The molecule has 0 bridgehead atoms. The lowest BCUT2D eigenvalue weighted by Gasteiger charge is -2.34. The molecular weight excluding hydrogens is 669 g/mol. The molecule has 0 aromatic heterocycles. The van der Waals surface area contributed by atoms with Gasteiger partial charge >= 0.3 is 0 Å². The second-order valence-electron chi connectivity index (χ2n) is 19.0. The SMILES string of the molecule is CC(C)(C)c1cc(C(C)(C)C)c(P(C#CC#CP(C(=O)Cl)c2c(C(C)(C)C)cc(C(C)(C)C)cc2C(C)(C)C)C(=O)Cl)c(C(C)(C)C)c1. The van der Waals surface area contributed by atoms with Gasteiger partial charge in [0.25, 0.3) is 9.97 Å². The van der Waals surface area contributed by atoms with E-state index in [0.29, 0.717) is 0 Å². The van der Waals surface area contributed by atoms with Gasteiger partial charge in [0, 0.05) is 10.6 Å². The third-order valence-corrected chi connectivity index (χ3v) is 12.6. The minimum atomic E-state index is -1.75. The van der Waals surface area contributed by atoms with Crippen LogP contribution < -0.4 is 10.6 Å². The van der Waals surface area contributed by atoms with E-state index in [1.54, 1.807) is 0 Å². The molecule has 2 rings (SSSR count). The van der Waals surface area contributed by atoms with Crippen LogP contribution in [0.25, 0.3) is 0 Å². The lowest BCUT2D eigenvalue weighted by Crippen LogP contribution is -2.32. The molecule has 0 aliphatic heterocycles. The highest BCUT2D eigenvalue weighted by molar-refractivity contribution is 7.90. The zero-order valence-corrected chi connectivity index (χ0v) is 36.1. The number of carbonyl (C=O) groups excluding carboxylic acids is 2. The van der Waals surface area contributed by atoms with Gasteiger partial charge in [-0.25, -0.2) is 0 Å². The van der Waals surface area contributed by atoms with Gasteiger partial charge in [-0.3, -0.25) is 9.59 Å². The number of rotatable bonds is 4. The summed E-state index contributed by atoms with van der Waals surface area (Å²) in [6.45, 7) is 39.1. The van der Waals surface area contributed by atoms with Crippen LogP contribution >= 0.6 is 39.0 Å². The third kappa shape index (κ3) is 10.4. The van der Waals surface area contributed by atoms with E-state index in [0.717, 1.165) is 32.9 Å². The van der Waals surface area contributed by atoms with Crippen LogP contribution in [0.3, 0.4) is 0 Å². The van der Waals surface area contributed by atoms with Gasteiger partial charge in [0.2, 0.25) is 0 Å². The summed E-state index contributed by atoms with van der Waals surface area (Å²) in [6, 6.07) is 8.90. The van der Waals surface area contributed by atoms with Crippen molar-refractivity contribution in [2.75, 3.05) is 0 Å². The average molecular weight is 728 g/mol. The number of hydrogen-bond donors (Lipinski definition) is 0. The minimum absolute atomic E-state index is 0.0857. The van der Waals surface area contributed by atoms with E-state index in [-0.39, 0.29) is 32.5 Å². The topological polar surface area (TPSA) is 34.1 Å². The Morgan fingerprint density at radius 3 is 0.792 bits per heavy atom. The molecule has 0 N–H and O–H groups in total. The predicted molar refractivity (Wildman–Crippen MR) is 216 cm³/mol. The van der Waals surface area contributed by atoms with E-state index >= 15 is 0 Å². The smallest absolute Gasteiger partial charge is 0.259 e. The fourth-order valence-corrected chi connectivity index (χ4v) is 9.86. The summed E-state index contributed by atoms with van der Waals surface area (Å²) in [5.74, 6) is 5.98. The van der Waals surface area contributed by atoms with Crippen LogP contribution in [0, 0.1) is 23.2 Å². The van der Waals surface area contributed by atoms with Crippen molar-refractivity contribution >= 4 is 59.6 Å². The van der Waals surface area contributed by atoms with Crippen LogP contribution in [-0.2, 0) is 32.5 Å². The molecule has 0 saturated carbocycles. The fourth-order valence-electron chi connectivity index (χ4n) is 5.45. The molecule has 0 saturated heterocycles. The normalized spacial score (nSPS) is 14.3. The van der Waals surface area contributed by atoms with Gasteiger partial charge in [0.1, 0.15) is 0 Å². The van der Waals surface area contributed by atoms with Gasteiger partial charge in [0.05, 0.1) is 15.8 Å². The number of halogens is 2. The molecular formula is C42H58Cl2O2P2. The average Bonchev–Trinajstić information content (AvgIpc) is 2.85. The quantitative estimate of drug-likeness (QED) is 0.179. The lowest BCUT2D eigenvalue weighted by atomic mass is 9.75. The van der Waals surface area contributed by atoms with E-state index < -0.39 is 25.8 Å². The first-order valence-corrected chi connectivity index (χ1v) is 20.1. The van der Waals surface area contributed by atoms with Crippen LogP contribution in [0.5, 0.6) is 0 Å². The zero-order chi connectivity index (χ0) is 37.6. The van der Waals surface area contributed by atoms with E-state index in [4.69, 9.17) is 23.2 Å². The molecule has 2 aromatic rings. The Morgan fingerprint density at radius 2 is 0.646 bits per heavy atom. The van der Waals surface area contributed by atoms with Crippen molar-refractivity contribution in [1.82, 2.24) is 0 Å². The summed E-state index contributed by atoms with van der Waals surface area (Å²) in [6.07, 6.45) is 0. The summed E-state index contributed by atoms with van der Waals surface area (Å²) < 4.78 is 0. The molecule has 6 heteroatoms. The maximum atomic E-state index is 13.2. The maximum absolute atomic E-state index is 13.2. The van der Waals surface area contributed by atoms with Crippen molar-refractivity contribution in [1.29, 1.82) is 0 Å². The molecule has 0 amide bonds. The number of hydrogen-bond acceptors (Lipinski definition) is 2. The van der Waals surface area contributed by atoms with E-state index in [9.17, 15) is 9.59 Å². The molecule has 2 atom stereocenters. The Kier molecular flexibility index (Phi) is 12.9. The van der Waals surface area contributed by atoms with E-state index in [1.807, 2.05) is 0 Å². The Labute approximate surface area is 305 Å². The number of benzene rings is 2.